The fraction of sp³-hybridized carbons (Fsp3) is 0.667. The molecule has 2 saturated heterocycles. The molecule has 2 N–H and O–H groups in total. The molecule has 1 aromatic carbocycles. The average Bonchev–Trinajstić information content (AvgIpc) is 2.68. The van der Waals surface area contributed by atoms with Crippen molar-refractivity contribution in [1.82, 2.24) is 10.6 Å². The van der Waals surface area contributed by atoms with Crippen LogP contribution in [0.15, 0.2) is 24.3 Å². The molecule has 0 saturated carbocycles. The van der Waals surface area contributed by atoms with Crippen LogP contribution in [0.1, 0.15) is 44.6 Å². The zero-order chi connectivity index (χ0) is 18.4. The Balaban J connectivity index is 0.00000261. The number of nitrogens with one attached hydrogen (secondary N) is 2. The SMILES string of the molecule is CC(CC(=O)NCC1(c2ccc(Cl)cc2)CCOCC1)C1CCCNC1.Cl. The Bertz CT molecular complexity index is 582. The highest BCUT2D eigenvalue weighted by Crippen LogP contribution is 2.35. The van der Waals surface area contributed by atoms with Gasteiger partial charge in [0.05, 0.1) is 0 Å². The summed E-state index contributed by atoms with van der Waals surface area (Å²) in [6.07, 6.45) is 4.91. The van der Waals surface area contributed by atoms with Crippen LogP contribution < -0.4 is 10.6 Å². The van der Waals surface area contributed by atoms with E-state index in [2.05, 4.69) is 29.7 Å². The molecule has 0 radical (unpaired) electrons. The molecule has 1 aromatic rings. The smallest absolute Gasteiger partial charge is 0.220 e. The molecule has 2 heterocycles. The van der Waals surface area contributed by atoms with Gasteiger partial charge in [0, 0.05) is 36.6 Å². The summed E-state index contributed by atoms with van der Waals surface area (Å²) in [5.41, 5.74) is 1.20. The molecule has 2 aliphatic rings. The Morgan fingerprint density at radius 2 is 2.04 bits per heavy atom. The number of amides is 1. The van der Waals surface area contributed by atoms with Crippen LogP contribution in [0.5, 0.6) is 0 Å². The van der Waals surface area contributed by atoms with Crippen molar-refractivity contribution in [3.63, 3.8) is 0 Å². The third-order valence-corrected chi connectivity index (χ3v) is 6.43. The van der Waals surface area contributed by atoms with Crippen LogP contribution >= 0.6 is 24.0 Å². The molecule has 2 unspecified atom stereocenters. The van der Waals surface area contributed by atoms with Gasteiger partial charge < -0.3 is 15.4 Å². The summed E-state index contributed by atoms with van der Waals surface area (Å²) in [4.78, 5) is 12.6. The molecule has 4 nitrogen and oxygen atoms in total. The Hall–Kier alpha value is -0.810. The fourth-order valence-corrected chi connectivity index (χ4v) is 4.42. The number of carbonyl (C=O) groups excluding carboxylic acids is 1. The molecule has 2 atom stereocenters. The second-order valence-corrected chi connectivity index (χ2v) is 8.40. The molecule has 152 valence electrons. The first kappa shape index (κ1) is 22.5. The standard InChI is InChI=1S/C21H31ClN2O2.ClH/c1-16(17-3-2-10-23-14-17)13-20(25)24-15-21(8-11-26-12-9-21)18-4-6-19(22)7-5-18;/h4-7,16-17,23H,2-3,8-15H2,1H3,(H,24,25);1H. The molecule has 0 aliphatic carbocycles. The largest absolute Gasteiger partial charge is 0.381 e. The minimum Gasteiger partial charge on any atom is -0.381 e. The molecular weight excluding hydrogens is 383 g/mol. The van der Waals surface area contributed by atoms with Crippen LogP contribution in [0.2, 0.25) is 5.02 Å². The number of piperidine rings is 1. The number of hydrogen-bond acceptors (Lipinski definition) is 3. The van der Waals surface area contributed by atoms with Crippen LogP contribution in [0.25, 0.3) is 0 Å². The van der Waals surface area contributed by atoms with Crippen molar-refractivity contribution in [2.24, 2.45) is 11.8 Å². The molecule has 3 rings (SSSR count). The van der Waals surface area contributed by atoms with Gasteiger partial charge in [0.1, 0.15) is 0 Å². The first-order chi connectivity index (χ1) is 12.6. The Kier molecular flexibility index (Phi) is 8.87. The first-order valence-corrected chi connectivity index (χ1v) is 10.3. The van der Waals surface area contributed by atoms with Crippen molar-refractivity contribution in [2.75, 3.05) is 32.8 Å². The van der Waals surface area contributed by atoms with E-state index in [4.69, 9.17) is 16.3 Å². The number of halogens is 2. The number of ether oxygens (including phenoxy) is 1. The zero-order valence-electron chi connectivity index (χ0n) is 16.1. The lowest BCUT2D eigenvalue weighted by Crippen LogP contribution is -2.45. The summed E-state index contributed by atoms with van der Waals surface area (Å²) in [6.45, 7) is 6.51. The van der Waals surface area contributed by atoms with E-state index in [-0.39, 0.29) is 23.7 Å². The Labute approximate surface area is 174 Å². The van der Waals surface area contributed by atoms with E-state index in [0.29, 0.717) is 24.8 Å². The van der Waals surface area contributed by atoms with Gasteiger partial charge in [0.15, 0.2) is 0 Å². The predicted octanol–water partition coefficient (Wildman–Crippen LogP) is 3.95. The van der Waals surface area contributed by atoms with Gasteiger partial charge in [-0.1, -0.05) is 30.7 Å². The summed E-state index contributed by atoms with van der Waals surface area (Å²) in [5.74, 6) is 1.20. The minimum absolute atomic E-state index is 0. The van der Waals surface area contributed by atoms with Crippen LogP contribution in [-0.2, 0) is 14.9 Å². The van der Waals surface area contributed by atoms with Crippen LogP contribution in [-0.4, -0.2) is 38.8 Å². The molecule has 27 heavy (non-hydrogen) atoms. The molecule has 1 amide bonds. The van der Waals surface area contributed by atoms with E-state index in [1.165, 1.54) is 18.4 Å². The van der Waals surface area contributed by atoms with Crippen molar-refractivity contribution >= 4 is 29.9 Å². The van der Waals surface area contributed by atoms with Gasteiger partial charge in [-0.15, -0.1) is 12.4 Å². The number of rotatable bonds is 6. The lowest BCUT2D eigenvalue weighted by Gasteiger charge is -2.38. The molecule has 0 aromatic heterocycles. The van der Waals surface area contributed by atoms with Crippen LogP contribution in [0.4, 0.5) is 0 Å². The Morgan fingerprint density at radius 1 is 1.33 bits per heavy atom. The van der Waals surface area contributed by atoms with Gasteiger partial charge in [-0.25, -0.2) is 0 Å². The monoisotopic (exact) mass is 414 g/mol. The van der Waals surface area contributed by atoms with Crippen molar-refractivity contribution in [3.8, 4) is 0 Å². The van der Waals surface area contributed by atoms with Crippen LogP contribution in [0.3, 0.4) is 0 Å². The summed E-state index contributed by atoms with van der Waals surface area (Å²) < 4.78 is 5.57. The highest BCUT2D eigenvalue weighted by Gasteiger charge is 2.35. The van der Waals surface area contributed by atoms with E-state index in [9.17, 15) is 4.79 Å². The van der Waals surface area contributed by atoms with E-state index in [1.54, 1.807) is 0 Å². The normalized spacial score (nSPS) is 23.1. The number of benzene rings is 1. The molecule has 2 aliphatic heterocycles. The average molecular weight is 415 g/mol. The van der Waals surface area contributed by atoms with Crippen molar-refractivity contribution in [3.05, 3.63) is 34.9 Å². The summed E-state index contributed by atoms with van der Waals surface area (Å²) in [5, 5.41) is 7.42. The van der Waals surface area contributed by atoms with E-state index >= 15 is 0 Å². The van der Waals surface area contributed by atoms with Crippen molar-refractivity contribution in [1.29, 1.82) is 0 Å². The van der Waals surface area contributed by atoms with Gasteiger partial charge in [-0.3, -0.25) is 4.79 Å². The van der Waals surface area contributed by atoms with Gasteiger partial charge in [0.25, 0.3) is 0 Å². The lowest BCUT2D eigenvalue weighted by atomic mass is 9.74. The van der Waals surface area contributed by atoms with E-state index in [0.717, 1.165) is 44.2 Å². The van der Waals surface area contributed by atoms with E-state index in [1.807, 2.05) is 12.1 Å². The number of hydrogen-bond donors (Lipinski definition) is 2. The highest BCUT2D eigenvalue weighted by atomic mass is 35.5. The highest BCUT2D eigenvalue weighted by molar-refractivity contribution is 6.30. The maximum atomic E-state index is 12.6. The summed E-state index contributed by atoms with van der Waals surface area (Å²) in [6, 6.07) is 8.06. The predicted molar refractivity (Wildman–Crippen MR) is 113 cm³/mol. The third-order valence-electron chi connectivity index (χ3n) is 6.18. The molecular formula is C21H32Cl2N2O2. The quantitative estimate of drug-likeness (QED) is 0.740. The zero-order valence-corrected chi connectivity index (χ0v) is 17.7. The molecule has 0 spiro atoms. The summed E-state index contributed by atoms with van der Waals surface area (Å²) in [7, 11) is 0. The van der Waals surface area contributed by atoms with Crippen molar-refractivity contribution < 1.29 is 9.53 Å². The van der Waals surface area contributed by atoms with Crippen molar-refractivity contribution in [2.45, 2.75) is 44.4 Å². The van der Waals surface area contributed by atoms with E-state index < -0.39 is 0 Å². The lowest BCUT2D eigenvalue weighted by molar-refractivity contribution is -0.122. The maximum absolute atomic E-state index is 12.6. The molecule has 2 fully saturated rings. The number of carbonyl (C=O) groups is 1. The fourth-order valence-electron chi connectivity index (χ4n) is 4.30. The maximum Gasteiger partial charge on any atom is 0.220 e. The third kappa shape index (κ3) is 6.08. The van der Waals surface area contributed by atoms with Gasteiger partial charge >= 0.3 is 0 Å². The summed E-state index contributed by atoms with van der Waals surface area (Å²) >= 11 is 6.06. The first-order valence-electron chi connectivity index (χ1n) is 9.90. The molecule has 6 heteroatoms. The van der Waals surface area contributed by atoms with Gasteiger partial charge in [-0.05, 0) is 68.3 Å². The molecule has 0 bridgehead atoms. The second kappa shape index (κ2) is 10.7. The Morgan fingerprint density at radius 3 is 2.67 bits per heavy atom. The topological polar surface area (TPSA) is 50.4 Å². The van der Waals surface area contributed by atoms with Gasteiger partial charge in [-0.2, -0.15) is 0 Å². The minimum atomic E-state index is -0.0475. The van der Waals surface area contributed by atoms with Gasteiger partial charge in [0.2, 0.25) is 5.91 Å². The second-order valence-electron chi connectivity index (χ2n) is 7.96. The van der Waals surface area contributed by atoms with Crippen LogP contribution in [0, 0.1) is 11.8 Å².